The van der Waals surface area contributed by atoms with E-state index in [1.165, 1.54) is 0 Å². The molecule has 0 bridgehead atoms. The second kappa shape index (κ2) is 10.2. The van der Waals surface area contributed by atoms with E-state index >= 15 is 0 Å². The zero-order valence-corrected chi connectivity index (χ0v) is 11.5. The Balaban J connectivity index is 2.23. The highest BCUT2D eigenvalue weighted by Crippen LogP contribution is 2.16. The molecule has 0 aliphatic rings. The topological polar surface area (TPSA) is 40.2 Å². The van der Waals surface area contributed by atoms with Gasteiger partial charge in [-0.05, 0) is 12.1 Å². The molecule has 18 heavy (non-hydrogen) atoms. The van der Waals surface area contributed by atoms with Crippen LogP contribution < -0.4 is 4.18 Å². The Morgan fingerprint density at radius 3 is 2.17 bits per heavy atom. The highest BCUT2D eigenvalue weighted by molar-refractivity contribution is 7.90. The molecule has 0 saturated heterocycles. The Hall–Kier alpha value is -0.790. The second-order valence-corrected chi connectivity index (χ2v) is 3.91. The van der Waals surface area contributed by atoms with Gasteiger partial charge < -0.3 is 13.7 Å². The van der Waals surface area contributed by atoms with Crippen LogP contribution in [0, 0.1) is 0 Å². The maximum atomic E-state index is 5.42. The Morgan fingerprint density at radius 2 is 1.61 bits per heavy atom. The summed E-state index contributed by atoms with van der Waals surface area (Å²) < 4.78 is 20.8. The minimum absolute atomic E-state index is 0.593. The summed E-state index contributed by atoms with van der Waals surface area (Å²) in [5, 5.41) is 1.74. The van der Waals surface area contributed by atoms with Crippen LogP contribution in [0.5, 0.6) is 5.75 Å². The van der Waals surface area contributed by atoms with Crippen molar-refractivity contribution in [1.29, 1.82) is 0 Å². The van der Waals surface area contributed by atoms with Crippen molar-refractivity contribution in [1.82, 2.24) is 5.06 Å². The second-order valence-electron chi connectivity index (χ2n) is 3.45. The van der Waals surface area contributed by atoms with Crippen LogP contribution in [-0.2, 0) is 13.8 Å². The monoisotopic (exact) mass is 273 g/mol. The number of rotatable bonds is 10. The largest absolute Gasteiger partial charge is 0.399 e. The molecular formula is C12H19NO4S. The number of nitrogens with zero attached hydrogens (tertiary/aromatic N) is 1. The first-order valence-electron chi connectivity index (χ1n) is 5.66. The third kappa shape index (κ3) is 6.83. The van der Waals surface area contributed by atoms with Crippen LogP contribution in [0.1, 0.15) is 0 Å². The lowest BCUT2D eigenvalue weighted by molar-refractivity contribution is -0.0694. The molecule has 0 spiro atoms. The fourth-order valence-electron chi connectivity index (χ4n) is 1.15. The van der Waals surface area contributed by atoms with Crippen molar-refractivity contribution >= 4 is 12.3 Å². The minimum atomic E-state index is 0.593. The number of hydrogen-bond acceptors (Lipinski definition) is 6. The summed E-state index contributed by atoms with van der Waals surface area (Å²) in [6, 6.07) is 9.48. The Morgan fingerprint density at radius 1 is 1.00 bits per heavy atom. The van der Waals surface area contributed by atoms with E-state index in [1.54, 1.807) is 19.3 Å². The molecule has 0 unspecified atom stereocenters. The smallest absolute Gasteiger partial charge is 0.244 e. The summed E-state index contributed by atoms with van der Waals surface area (Å²) in [5.74, 6) is 0.751. The van der Waals surface area contributed by atoms with Gasteiger partial charge in [-0.3, -0.25) is 0 Å². The fourth-order valence-corrected chi connectivity index (χ4v) is 1.60. The lowest BCUT2D eigenvalue weighted by atomic mass is 10.3. The molecule has 0 atom stereocenters. The van der Waals surface area contributed by atoms with Gasteiger partial charge in [-0.25, -0.2) is 0 Å². The van der Waals surface area contributed by atoms with Crippen molar-refractivity contribution in [3.8, 4) is 5.75 Å². The van der Waals surface area contributed by atoms with E-state index in [1.807, 2.05) is 30.3 Å². The molecule has 1 rings (SSSR count). The molecule has 5 nitrogen and oxygen atoms in total. The van der Waals surface area contributed by atoms with E-state index in [4.69, 9.17) is 17.9 Å². The molecule has 0 radical (unpaired) electrons. The lowest BCUT2D eigenvalue weighted by Crippen LogP contribution is -2.29. The molecule has 0 fully saturated rings. The Kier molecular flexibility index (Phi) is 8.62. The van der Waals surface area contributed by atoms with Gasteiger partial charge in [0.05, 0.1) is 13.2 Å². The maximum absolute atomic E-state index is 5.42. The molecule has 0 N–H and O–H groups in total. The van der Waals surface area contributed by atoms with Crippen LogP contribution in [0.2, 0.25) is 0 Å². The summed E-state index contributed by atoms with van der Waals surface area (Å²) in [5.41, 5.74) is 0. The van der Waals surface area contributed by atoms with Gasteiger partial charge in [0.2, 0.25) is 12.3 Å². The highest BCUT2D eigenvalue weighted by Gasteiger charge is 2.07. The number of para-hydroxylation sites is 1. The molecule has 0 aliphatic carbocycles. The van der Waals surface area contributed by atoms with Gasteiger partial charge in [-0.1, -0.05) is 18.2 Å². The molecule has 1 aromatic rings. The molecule has 0 aliphatic heterocycles. The zero-order valence-electron chi connectivity index (χ0n) is 10.7. The van der Waals surface area contributed by atoms with E-state index in [0.717, 1.165) is 18.1 Å². The first-order valence-corrected chi connectivity index (χ1v) is 6.32. The number of methoxy groups -OCH3 is 2. The molecule has 0 heterocycles. The molecular weight excluding hydrogens is 254 g/mol. The average Bonchev–Trinajstić information content (AvgIpc) is 2.42. The Bertz CT molecular complexity index is 291. The van der Waals surface area contributed by atoms with E-state index in [9.17, 15) is 0 Å². The van der Waals surface area contributed by atoms with Crippen LogP contribution >= 0.6 is 12.3 Å². The van der Waals surface area contributed by atoms with Crippen LogP contribution in [-0.4, -0.2) is 45.6 Å². The van der Waals surface area contributed by atoms with Crippen molar-refractivity contribution in [2.45, 2.75) is 0 Å². The van der Waals surface area contributed by atoms with Gasteiger partial charge in [0.15, 0.2) is 0 Å². The van der Waals surface area contributed by atoms with E-state index < -0.39 is 0 Å². The van der Waals surface area contributed by atoms with Crippen molar-refractivity contribution < 1.29 is 17.9 Å². The standard InChI is InChI=1S/C12H19NO4S/c1-14-10-8-13(9-11-15-2)17-18-16-12-6-4-3-5-7-12/h3-7H,8-11H2,1-2H3. The quantitative estimate of drug-likeness (QED) is 0.480. The predicted octanol–water partition coefficient (Wildman–Crippen LogP) is 2.16. The zero-order chi connectivity index (χ0) is 13.1. The molecule has 1 aromatic carbocycles. The van der Waals surface area contributed by atoms with Gasteiger partial charge in [-0.2, -0.15) is 9.35 Å². The lowest BCUT2D eigenvalue weighted by Gasteiger charge is -2.18. The third-order valence-electron chi connectivity index (χ3n) is 2.10. The molecule has 0 saturated carbocycles. The molecule has 6 heteroatoms. The van der Waals surface area contributed by atoms with Crippen molar-refractivity contribution in [3.05, 3.63) is 30.3 Å². The summed E-state index contributed by atoms with van der Waals surface area (Å²) in [4.78, 5) is 0. The van der Waals surface area contributed by atoms with Crippen LogP contribution in [0.15, 0.2) is 30.3 Å². The summed E-state index contributed by atoms with van der Waals surface area (Å²) in [6.45, 7) is 2.50. The molecule has 0 amide bonds. The normalized spacial score (nSPS) is 10.8. The van der Waals surface area contributed by atoms with Crippen molar-refractivity contribution in [3.63, 3.8) is 0 Å². The van der Waals surface area contributed by atoms with E-state index in [2.05, 4.69) is 0 Å². The fraction of sp³-hybridized carbons (Fsp3) is 0.500. The van der Waals surface area contributed by atoms with Crippen LogP contribution in [0.3, 0.4) is 0 Å². The van der Waals surface area contributed by atoms with E-state index in [0.29, 0.717) is 26.3 Å². The third-order valence-corrected chi connectivity index (χ3v) is 2.63. The van der Waals surface area contributed by atoms with Crippen LogP contribution in [0.25, 0.3) is 0 Å². The summed E-state index contributed by atoms with van der Waals surface area (Å²) in [7, 11) is 3.31. The van der Waals surface area contributed by atoms with E-state index in [-0.39, 0.29) is 0 Å². The average molecular weight is 273 g/mol. The molecule has 102 valence electrons. The van der Waals surface area contributed by atoms with Crippen molar-refractivity contribution in [2.24, 2.45) is 0 Å². The number of ether oxygens (including phenoxy) is 2. The van der Waals surface area contributed by atoms with Crippen LogP contribution in [0.4, 0.5) is 0 Å². The van der Waals surface area contributed by atoms with Crippen molar-refractivity contribution in [2.75, 3.05) is 40.5 Å². The summed E-state index contributed by atoms with van der Waals surface area (Å²) in [6.07, 6.45) is 0. The first-order chi connectivity index (χ1) is 8.86. The number of benzene rings is 1. The number of hydroxylamine groups is 2. The van der Waals surface area contributed by atoms with Gasteiger partial charge in [0, 0.05) is 27.3 Å². The van der Waals surface area contributed by atoms with Gasteiger partial charge in [0.1, 0.15) is 5.75 Å². The number of hydrogen-bond donors (Lipinski definition) is 0. The highest BCUT2D eigenvalue weighted by atomic mass is 32.2. The van der Waals surface area contributed by atoms with Gasteiger partial charge >= 0.3 is 0 Å². The Labute approximate surface area is 112 Å². The van der Waals surface area contributed by atoms with Gasteiger partial charge in [0.25, 0.3) is 0 Å². The molecule has 0 aromatic heterocycles. The first kappa shape index (κ1) is 15.3. The van der Waals surface area contributed by atoms with Gasteiger partial charge in [-0.15, -0.1) is 0 Å². The SMILES string of the molecule is COCCN(CCOC)OSOc1ccccc1. The summed E-state index contributed by atoms with van der Waals surface area (Å²) >= 11 is 0.930. The minimum Gasteiger partial charge on any atom is -0.399 e. The predicted molar refractivity (Wildman–Crippen MR) is 71.1 cm³/mol. The maximum Gasteiger partial charge on any atom is 0.244 e.